The van der Waals surface area contributed by atoms with Gasteiger partial charge < -0.3 is 0 Å². The number of aromatic nitrogens is 1. The maximum atomic E-state index is 12.4. The van der Waals surface area contributed by atoms with Crippen molar-refractivity contribution < 1.29 is 4.79 Å². The van der Waals surface area contributed by atoms with E-state index < -0.39 is 0 Å². The van der Waals surface area contributed by atoms with E-state index in [1.54, 1.807) is 12.3 Å². The number of allylic oxidation sites excluding steroid dienone is 1. The number of ketones is 1. The summed E-state index contributed by atoms with van der Waals surface area (Å²) in [5.74, 6) is -0.0287. The molecule has 102 valence electrons. The van der Waals surface area contributed by atoms with Crippen LogP contribution in [0.2, 0.25) is 0 Å². The summed E-state index contributed by atoms with van der Waals surface area (Å²) in [4.78, 5) is 16.7. The highest BCUT2D eigenvalue weighted by molar-refractivity contribution is 14.1. The molecule has 0 saturated carbocycles. The molecule has 1 heterocycles. The van der Waals surface area contributed by atoms with Crippen LogP contribution in [-0.4, -0.2) is 10.8 Å². The number of nitrogens with zero attached hydrogens (tertiary/aromatic N) is 1. The lowest BCUT2D eigenvalue weighted by atomic mass is 10.0. The number of rotatable bonds is 3. The molecule has 3 aromatic rings. The highest BCUT2D eigenvalue weighted by Crippen LogP contribution is 2.18. The van der Waals surface area contributed by atoms with Crippen LogP contribution in [0.25, 0.3) is 17.0 Å². The van der Waals surface area contributed by atoms with Crippen LogP contribution >= 0.6 is 22.6 Å². The van der Waals surface area contributed by atoms with Crippen LogP contribution < -0.4 is 0 Å². The molecule has 0 aliphatic carbocycles. The van der Waals surface area contributed by atoms with Crippen LogP contribution in [0.3, 0.4) is 0 Å². The number of para-hydroxylation sites is 1. The Morgan fingerprint density at radius 2 is 1.81 bits per heavy atom. The smallest absolute Gasteiger partial charge is 0.188 e. The molecule has 3 rings (SSSR count). The first kappa shape index (κ1) is 13.9. The Kier molecular flexibility index (Phi) is 4.10. The van der Waals surface area contributed by atoms with Crippen LogP contribution in [0.1, 0.15) is 15.9 Å². The maximum absolute atomic E-state index is 12.4. The van der Waals surface area contributed by atoms with Gasteiger partial charge in [-0.3, -0.25) is 9.78 Å². The summed E-state index contributed by atoms with van der Waals surface area (Å²) in [6.45, 7) is 0. The van der Waals surface area contributed by atoms with Crippen molar-refractivity contribution in [2.45, 2.75) is 0 Å². The fourth-order valence-electron chi connectivity index (χ4n) is 2.17. The minimum Gasteiger partial charge on any atom is -0.289 e. The van der Waals surface area contributed by atoms with Gasteiger partial charge in [0.2, 0.25) is 0 Å². The zero-order valence-electron chi connectivity index (χ0n) is 11.2. The molecular weight excluding hydrogens is 373 g/mol. The number of hydrogen-bond donors (Lipinski definition) is 0. The van der Waals surface area contributed by atoms with Crippen molar-refractivity contribution in [3.05, 3.63) is 81.6 Å². The lowest BCUT2D eigenvalue weighted by Crippen LogP contribution is -1.97. The molecule has 0 amide bonds. The Balaban J connectivity index is 1.97. The third-order valence-electron chi connectivity index (χ3n) is 3.22. The van der Waals surface area contributed by atoms with Crippen LogP contribution in [-0.2, 0) is 0 Å². The molecule has 0 unspecified atom stereocenters. The van der Waals surface area contributed by atoms with Gasteiger partial charge in [-0.1, -0.05) is 42.5 Å². The summed E-state index contributed by atoms with van der Waals surface area (Å²) in [6, 6.07) is 17.5. The van der Waals surface area contributed by atoms with E-state index in [0.717, 1.165) is 20.0 Å². The van der Waals surface area contributed by atoms with Crippen LogP contribution in [0.4, 0.5) is 0 Å². The molecule has 0 atom stereocenters. The molecule has 0 aliphatic rings. The monoisotopic (exact) mass is 385 g/mol. The number of fused-ring (bicyclic) bond motifs is 1. The first-order valence-corrected chi connectivity index (χ1v) is 7.64. The van der Waals surface area contributed by atoms with E-state index in [1.807, 2.05) is 60.7 Å². The summed E-state index contributed by atoms with van der Waals surface area (Å²) in [7, 11) is 0. The number of pyridine rings is 1. The average Bonchev–Trinajstić information content (AvgIpc) is 2.53. The van der Waals surface area contributed by atoms with Crippen molar-refractivity contribution in [2.75, 3.05) is 0 Å². The van der Waals surface area contributed by atoms with Crippen LogP contribution in [0, 0.1) is 3.57 Å². The Morgan fingerprint density at radius 3 is 2.67 bits per heavy atom. The number of halogens is 1. The fourth-order valence-corrected chi connectivity index (χ4v) is 2.74. The second kappa shape index (κ2) is 6.18. The van der Waals surface area contributed by atoms with E-state index in [4.69, 9.17) is 0 Å². The molecule has 0 bridgehead atoms. The first-order valence-electron chi connectivity index (χ1n) is 6.56. The summed E-state index contributed by atoms with van der Waals surface area (Å²) < 4.78 is 1.12. The van der Waals surface area contributed by atoms with Crippen LogP contribution in [0.15, 0.2) is 66.9 Å². The zero-order valence-corrected chi connectivity index (χ0v) is 13.3. The van der Waals surface area contributed by atoms with Gasteiger partial charge in [0, 0.05) is 20.7 Å². The van der Waals surface area contributed by atoms with Gasteiger partial charge in [0.05, 0.1) is 5.52 Å². The largest absolute Gasteiger partial charge is 0.289 e. The summed E-state index contributed by atoms with van der Waals surface area (Å²) in [5, 5.41) is 0.978. The number of carbonyl (C=O) groups is 1. The van der Waals surface area contributed by atoms with Gasteiger partial charge in [-0.25, -0.2) is 0 Å². The second-order valence-corrected chi connectivity index (χ2v) is 5.76. The van der Waals surface area contributed by atoms with Crippen molar-refractivity contribution in [3.63, 3.8) is 0 Å². The lowest BCUT2D eigenvalue weighted by molar-refractivity contribution is 0.104. The Labute approximate surface area is 136 Å². The number of carbonyl (C=O) groups excluding carboxylic acids is 1. The molecule has 2 nitrogen and oxygen atoms in total. The quantitative estimate of drug-likeness (QED) is 0.371. The number of benzene rings is 2. The molecule has 0 radical (unpaired) electrons. The fraction of sp³-hybridized carbons (Fsp3) is 0. The van der Waals surface area contributed by atoms with Crippen molar-refractivity contribution >= 4 is 45.4 Å². The molecule has 0 spiro atoms. The highest BCUT2D eigenvalue weighted by atomic mass is 127. The van der Waals surface area contributed by atoms with Gasteiger partial charge in [-0.05, 0) is 52.4 Å². The molecule has 0 fully saturated rings. The van der Waals surface area contributed by atoms with E-state index in [2.05, 4.69) is 27.6 Å². The molecule has 1 aromatic heterocycles. The third-order valence-corrected chi connectivity index (χ3v) is 4.20. The molecule has 0 saturated heterocycles. The van der Waals surface area contributed by atoms with E-state index in [9.17, 15) is 4.79 Å². The van der Waals surface area contributed by atoms with E-state index in [0.29, 0.717) is 5.56 Å². The molecule has 2 aromatic carbocycles. The molecule has 3 heteroatoms. The third kappa shape index (κ3) is 3.03. The first-order chi connectivity index (χ1) is 10.3. The summed E-state index contributed by atoms with van der Waals surface area (Å²) in [5.41, 5.74) is 2.42. The lowest BCUT2D eigenvalue weighted by Gasteiger charge is -2.02. The molecule has 0 aliphatic heterocycles. The summed E-state index contributed by atoms with van der Waals surface area (Å²) >= 11 is 2.26. The van der Waals surface area contributed by atoms with E-state index in [1.165, 1.54) is 0 Å². The Hall–Kier alpha value is -2.01. The Morgan fingerprint density at radius 1 is 1.00 bits per heavy atom. The minimum absolute atomic E-state index is 0.0287. The predicted molar refractivity (Wildman–Crippen MR) is 94.3 cm³/mol. The second-order valence-electron chi connectivity index (χ2n) is 4.60. The minimum atomic E-state index is -0.0287. The highest BCUT2D eigenvalue weighted by Gasteiger charge is 2.07. The Bertz CT molecular complexity index is 834. The van der Waals surface area contributed by atoms with Gasteiger partial charge in [0.1, 0.15) is 0 Å². The van der Waals surface area contributed by atoms with Gasteiger partial charge in [0.15, 0.2) is 5.78 Å². The average molecular weight is 385 g/mol. The maximum Gasteiger partial charge on any atom is 0.188 e. The molecule has 21 heavy (non-hydrogen) atoms. The topological polar surface area (TPSA) is 30.0 Å². The van der Waals surface area contributed by atoms with E-state index >= 15 is 0 Å². The van der Waals surface area contributed by atoms with Gasteiger partial charge in [-0.15, -0.1) is 0 Å². The molecular formula is C18H12INO. The van der Waals surface area contributed by atoms with Crippen molar-refractivity contribution in [1.29, 1.82) is 0 Å². The normalized spacial score (nSPS) is 11.1. The van der Waals surface area contributed by atoms with Crippen molar-refractivity contribution in [1.82, 2.24) is 4.98 Å². The van der Waals surface area contributed by atoms with Gasteiger partial charge in [0.25, 0.3) is 0 Å². The van der Waals surface area contributed by atoms with Gasteiger partial charge in [-0.2, -0.15) is 0 Å². The predicted octanol–water partition coefficient (Wildman–Crippen LogP) is 4.74. The van der Waals surface area contributed by atoms with Crippen molar-refractivity contribution in [2.24, 2.45) is 0 Å². The van der Waals surface area contributed by atoms with Crippen molar-refractivity contribution in [3.8, 4) is 0 Å². The summed E-state index contributed by atoms with van der Waals surface area (Å²) in [6.07, 6.45) is 5.18. The standard InChI is InChI=1S/C18H12INO/c19-16-9-2-1-5-13(16)10-11-17(21)15-8-3-6-14-7-4-12-20-18(14)15/h1-12H/b11-10+. The zero-order chi connectivity index (χ0) is 14.7. The SMILES string of the molecule is O=C(/C=C/c1ccccc1I)c1cccc2cccnc12. The molecule has 0 N–H and O–H groups in total. The van der Waals surface area contributed by atoms with E-state index in [-0.39, 0.29) is 5.78 Å². The van der Waals surface area contributed by atoms with Crippen LogP contribution in [0.5, 0.6) is 0 Å². The van der Waals surface area contributed by atoms with Gasteiger partial charge >= 0.3 is 0 Å². The number of hydrogen-bond acceptors (Lipinski definition) is 2.